The predicted octanol–water partition coefficient (Wildman–Crippen LogP) is 7.33. The molecule has 0 aromatic heterocycles. The number of nitrogens with zero attached hydrogens (tertiary/aromatic N) is 1. The number of guanidine groups is 1. The number of phenolic OH excluding ortho intramolecular Hbond substituents is 1. The average molecular weight is 1240 g/mol. The first kappa shape index (κ1) is 79.0. The zero-order chi connectivity index (χ0) is 65.0. The van der Waals surface area contributed by atoms with E-state index < -0.39 is 116 Å². The van der Waals surface area contributed by atoms with Crippen molar-refractivity contribution >= 4 is 65.3 Å². The van der Waals surface area contributed by atoms with E-state index in [1.54, 1.807) is 0 Å². The number of esters is 2. The molecule has 0 aliphatic carbocycles. The summed E-state index contributed by atoms with van der Waals surface area (Å²) in [5, 5.41) is 42.8. The largest absolute Gasteiger partial charge is 0.508 e. The summed E-state index contributed by atoms with van der Waals surface area (Å²) >= 11 is 0. The first-order chi connectivity index (χ1) is 42.3. The highest BCUT2D eigenvalue weighted by atomic mass is 16.5. The van der Waals surface area contributed by atoms with Crippen molar-refractivity contribution in [2.75, 3.05) is 32.8 Å². The number of hydrogen-bond acceptors (Lipinski definition) is 14. The van der Waals surface area contributed by atoms with Crippen LogP contribution in [0.25, 0.3) is 0 Å². The van der Waals surface area contributed by atoms with Crippen LogP contribution in [-0.2, 0) is 63.8 Å². The van der Waals surface area contributed by atoms with Crippen molar-refractivity contribution in [2.45, 2.75) is 269 Å². The van der Waals surface area contributed by atoms with Gasteiger partial charge in [0.2, 0.25) is 35.4 Å². The van der Waals surface area contributed by atoms with Crippen molar-refractivity contribution in [2.24, 2.45) is 16.5 Å². The molecule has 0 aliphatic heterocycles. The van der Waals surface area contributed by atoms with Gasteiger partial charge in [-0.05, 0) is 49.8 Å². The maximum atomic E-state index is 13.4. The molecule has 1 aromatic carbocycles. The minimum absolute atomic E-state index is 0.0407. The maximum absolute atomic E-state index is 13.4. The molecule has 0 fully saturated rings. The second-order valence-electron chi connectivity index (χ2n) is 22.8. The summed E-state index contributed by atoms with van der Waals surface area (Å²) in [5.41, 5.74) is 11.2. The Morgan fingerprint density at radius 1 is 0.466 bits per heavy atom. The summed E-state index contributed by atoms with van der Waals surface area (Å²) in [6, 6.07) is -0.368. The lowest BCUT2D eigenvalue weighted by molar-refractivity contribution is -0.149. The maximum Gasteiger partial charge on any atom is 0.328 e. The molecule has 24 nitrogen and oxygen atoms in total. The molecule has 1 rings (SSSR count). The molecule has 6 amide bonds. The molecule has 4 atom stereocenters. The fourth-order valence-corrected chi connectivity index (χ4v) is 9.67. The van der Waals surface area contributed by atoms with Crippen molar-refractivity contribution in [3.05, 3.63) is 29.8 Å². The Bertz CT molecular complexity index is 2200. The number of aliphatic imine (C=N–C) groups is 1. The van der Waals surface area contributed by atoms with Crippen molar-refractivity contribution in [1.82, 2.24) is 31.9 Å². The van der Waals surface area contributed by atoms with Crippen LogP contribution in [0.1, 0.15) is 244 Å². The number of aliphatic carboxylic acids is 2. The highest BCUT2D eigenvalue weighted by Crippen LogP contribution is 2.16. The Hall–Kier alpha value is -7.01. The second kappa shape index (κ2) is 52.0. The topological polar surface area (TPSA) is 386 Å². The third kappa shape index (κ3) is 44.4. The van der Waals surface area contributed by atoms with Crippen LogP contribution in [0.5, 0.6) is 5.75 Å². The fraction of sp³-hybridized carbons (Fsp3) is 0.734. The predicted molar refractivity (Wildman–Crippen MR) is 336 cm³/mol. The monoisotopic (exact) mass is 1240 g/mol. The van der Waals surface area contributed by atoms with E-state index >= 15 is 0 Å². The van der Waals surface area contributed by atoms with E-state index in [2.05, 4.69) is 50.7 Å². The minimum atomic E-state index is -1.77. The Morgan fingerprint density at radius 3 is 1.39 bits per heavy atom. The lowest BCUT2D eigenvalue weighted by Crippen LogP contribution is -2.55. The molecular weight excluding hydrogens is 1130 g/mol. The van der Waals surface area contributed by atoms with E-state index in [4.69, 9.17) is 20.9 Å². The van der Waals surface area contributed by atoms with Crippen LogP contribution in [0.3, 0.4) is 0 Å². The normalized spacial score (nSPS) is 12.3. The second-order valence-corrected chi connectivity index (χ2v) is 22.8. The number of nitrogens with two attached hydrogens (primary N) is 2. The molecule has 0 unspecified atom stereocenters. The highest BCUT2D eigenvalue weighted by Gasteiger charge is 2.30. The summed E-state index contributed by atoms with van der Waals surface area (Å²) < 4.78 is 11.0. The number of nitrogens with one attached hydrogen (secondary N) is 6. The third-order valence-electron chi connectivity index (χ3n) is 14.8. The third-order valence-corrected chi connectivity index (χ3v) is 14.8. The number of unbranched alkanes of at least 4 members (excludes halogenated alkanes) is 26. The van der Waals surface area contributed by atoms with Gasteiger partial charge in [0.25, 0.3) is 0 Å². The number of carbonyl (C=O) groups excluding carboxylic acids is 8. The van der Waals surface area contributed by atoms with E-state index in [-0.39, 0.29) is 63.6 Å². The average Bonchev–Trinajstić information content (AvgIpc) is 3.69. The molecule has 0 heterocycles. The quantitative estimate of drug-likeness (QED) is 0.0132. The van der Waals surface area contributed by atoms with Gasteiger partial charge < -0.3 is 68.2 Å². The summed E-state index contributed by atoms with van der Waals surface area (Å²) in [6.07, 6.45) is 31.0. The Kier molecular flexibility index (Phi) is 46.7. The number of ether oxygens (including phenoxy) is 2. The Morgan fingerprint density at radius 2 is 0.909 bits per heavy atom. The molecular formula is C64H109N9O15. The molecule has 0 spiro atoms. The molecule has 0 saturated carbocycles. The number of carboxylic acids is 2. The van der Waals surface area contributed by atoms with Gasteiger partial charge in [-0.3, -0.25) is 43.3 Å². The number of benzene rings is 1. The van der Waals surface area contributed by atoms with Gasteiger partial charge in [-0.15, -0.1) is 0 Å². The van der Waals surface area contributed by atoms with Crippen molar-refractivity contribution < 1.29 is 72.7 Å². The molecule has 13 N–H and O–H groups in total. The summed E-state index contributed by atoms with van der Waals surface area (Å²) in [7, 11) is 0. The molecule has 500 valence electrons. The number of carbonyl (C=O) groups is 10. The van der Waals surface area contributed by atoms with Crippen molar-refractivity contribution in [3.8, 4) is 5.75 Å². The minimum Gasteiger partial charge on any atom is -0.508 e. The Labute approximate surface area is 522 Å². The van der Waals surface area contributed by atoms with Crippen LogP contribution in [0.2, 0.25) is 0 Å². The zero-order valence-electron chi connectivity index (χ0n) is 53.0. The van der Waals surface area contributed by atoms with Gasteiger partial charge in [-0.25, -0.2) is 9.59 Å². The van der Waals surface area contributed by atoms with Gasteiger partial charge in [0, 0.05) is 32.2 Å². The Balaban J connectivity index is 2.78. The van der Waals surface area contributed by atoms with Crippen LogP contribution in [0.4, 0.5) is 0 Å². The number of phenols is 1. The van der Waals surface area contributed by atoms with Crippen LogP contribution in [-0.4, -0.2) is 138 Å². The first-order valence-electron chi connectivity index (χ1n) is 32.7. The van der Waals surface area contributed by atoms with E-state index in [0.717, 1.165) is 51.4 Å². The number of rotatable bonds is 56. The SMILES string of the molecule is CCCCCCCCCCCCCCCCOC(=O)CC[C@H](NC(=O)CCC(=O)NCC(=O)N[C@@H](CCCN=C(N)N)C(=O)NCC(=O)N[C@@H](CC(=O)O)C(=O)N[C@@H](Cc1ccc(O)cc1)C(=O)O)C(=O)OCCCCCCCCCCCCCCCC. The summed E-state index contributed by atoms with van der Waals surface area (Å²) in [5.74, 6) is -9.84. The van der Waals surface area contributed by atoms with Crippen LogP contribution < -0.4 is 43.4 Å². The van der Waals surface area contributed by atoms with Gasteiger partial charge in [-0.1, -0.05) is 193 Å². The lowest BCUT2D eigenvalue weighted by Gasteiger charge is -2.21. The molecule has 1 aromatic rings. The number of amides is 6. The number of aromatic hydroxyl groups is 1. The van der Waals surface area contributed by atoms with Crippen LogP contribution in [0, 0.1) is 0 Å². The van der Waals surface area contributed by atoms with Gasteiger partial charge in [0.1, 0.15) is 29.9 Å². The van der Waals surface area contributed by atoms with Gasteiger partial charge in [-0.2, -0.15) is 0 Å². The molecule has 0 radical (unpaired) electrons. The molecule has 0 aliphatic rings. The molecule has 0 saturated heterocycles. The van der Waals surface area contributed by atoms with Crippen LogP contribution in [0.15, 0.2) is 29.3 Å². The first-order valence-corrected chi connectivity index (χ1v) is 32.7. The summed E-state index contributed by atoms with van der Waals surface area (Å²) in [4.78, 5) is 132. The smallest absolute Gasteiger partial charge is 0.328 e. The van der Waals surface area contributed by atoms with Gasteiger partial charge >= 0.3 is 23.9 Å². The van der Waals surface area contributed by atoms with E-state index in [1.807, 2.05) is 0 Å². The zero-order valence-corrected chi connectivity index (χ0v) is 53.0. The van der Waals surface area contributed by atoms with Gasteiger partial charge in [0.05, 0.1) is 32.7 Å². The van der Waals surface area contributed by atoms with E-state index in [9.17, 15) is 63.3 Å². The standard InChI is InChI=1S/C64H109N9O15/c1-3-5-7-9-11-13-15-17-19-21-23-25-27-29-42-87-59(81)40-37-51(63(86)88-43-30-28-26-24-22-20-18-16-14-12-10-8-6-4-2)71-55(76)39-38-54(75)68-46-56(77)70-50(32-31-41-67-64(65)66)60(82)69-47-57(78)72-52(45-58(79)80)61(83)73-53(62(84)85)44-48-33-35-49(74)36-34-48/h33-36,50-53,74H,3-32,37-47H2,1-2H3,(H,68,75)(H,69,82)(H,70,77)(H,71,76)(H,72,78)(H,73,83)(H,79,80)(H,84,85)(H4,65,66,67)/t50-,51-,52-,53-/m0/s1. The van der Waals surface area contributed by atoms with Crippen molar-refractivity contribution in [1.29, 1.82) is 0 Å². The molecule has 88 heavy (non-hydrogen) atoms. The summed E-state index contributed by atoms with van der Waals surface area (Å²) in [6.45, 7) is 3.43. The lowest BCUT2D eigenvalue weighted by atomic mass is 10.0. The molecule has 24 heteroatoms. The van der Waals surface area contributed by atoms with E-state index in [1.165, 1.54) is 146 Å². The van der Waals surface area contributed by atoms with Gasteiger partial charge in [0.15, 0.2) is 5.96 Å². The number of hydrogen-bond donors (Lipinski definition) is 11. The van der Waals surface area contributed by atoms with Crippen LogP contribution >= 0.6 is 0 Å². The molecule has 0 bridgehead atoms. The number of carboxylic acid groups (broad SMARTS) is 2. The highest BCUT2D eigenvalue weighted by molar-refractivity contribution is 5.95. The van der Waals surface area contributed by atoms with E-state index in [0.29, 0.717) is 12.0 Å². The fourth-order valence-electron chi connectivity index (χ4n) is 9.67. The van der Waals surface area contributed by atoms with Crippen molar-refractivity contribution in [3.63, 3.8) is 0 Å².